The van der Waals surface area contributed by atoms with Crippen molar-refractivity contribution in [2.24, 2.45) is 0 Å². The highest BCUT2D eigenvalue weighted by Gasteiger charge is 2.09. The SMILES string of the molecule is O=c1ncccn1Cc1ccc([N+](=O)[O-])cc1Br. The largest absolute Gasteiger partial charge is 0.347 e. The van der Waals surface area contributed by atoms with Crippen LogP contribution in [0.25, 0.3) is 0 Å². The first-order valence-electron chi connectivity index (χ1n) is 5.02. The molecule has 0 fully saturated rings. The maximum atomic E-state index is 11.4. The molecule has 0 aliphatic rings. The lowest BCUT2D eigenvalue weighted by atomic mass is 10.2. The van der Waals surface area contributed by atoms with Crippen LogP contribution in [0.4, 0.5) is 5.69 Å². The van der Waals surface area contributed by atoms with E-state index in [-0.39, 0.29) is 11.4 Å². The zero-order valence-electron chi connectivity index (χ0n) is 9.12. The number of hydrogen-bond donors (Lipinski definition) is 0. The molecule has 1 aromatic heterocycles. The average molecular weight is 310 g/mol. The van der Waals surface area contributed by atoms with Crippen molar-refractivity contribution < 1.29 is 4.92 Å². The van der Waals surface area contributed by atoms with Gasteiger partial charge in [0.2, 0.25) is 0 Å². The van der Waals surface area contributed by atoms with Crippen molar-refractivity contribution in [2.45, 2.75) is 6.54 Å². The number of nitrogens with zero attached hydrogens (tertiary/aromatic N) is 3. The molecule has 0 radical (unpaired) electrons. The number of rotatable bonds is 3. The first-order valence-corrected chi connectivity index (χ1v) is 5.81. The Morgan fingerprint density at radius 1 is 1.44 bits per heavy atom. The zero-order chi connectivity index (χ0) is 13.1. The molecule has 1 heterocycles. The molecule has 2 aromatic rings. The van der Waals surface area contributed by atoms with Gasteiger partial charge in [0.1, 0.15) is 0 Å². The third-order valence-corrected chi connectivity index (χ3v) is 3.11. The Labute approximate surface area is 110 Å². The van der Waals surface area contributed by atoms with Gasteiger partial charge in [-0.3, -0.25) is 14.7 Å². The fourth-order valence-corrected chi connectivity index (χ4v) is 1.96. The maximum absolute atomic E-state index is 11.4. The van der Waals surface area contributed by atoms with Gasteiger partial charge in [0.25, 0.3) is 5.69 Å². The minimum absolute atomic E-state index is 0.00385. The number of benzene rings is 1. The van der Waals surface area contributed by atoms with Gasteiger partial charge in [0, 0.05) is 29.0 Å². The van der Waals surface area contributed by atoms with Gasteiger partial charge >= 0.3 is 5.69 Å². The second-order valence-corrected chi connectivity index (χ2v) is 4.42. The minimum Gasteiger partial charge on any atom is -0.295 e. The van der Waals surface area contributed by atoms with Crippen LogP contribution in [0.5, 0.6) is 0 Å². The van der Waals surface area contributed by atoms with Crippen molar-refractivity contribution in [3.8, 4) is 0 Å². The van der Waals surface area contributed by atoms with E-state index in [4.69, 9.17) is 0 Å². The highest BCUT2D eigenvalue weighted by molar-refractivity contribution is 9.10. The molecule has 92 valence electrons. The van der Waals surface area contributed by atoms with Crippen LogP contribution in [0.1, 0.15) is 5.56 Å². The number of aromatic nitrogens is 2. The molecule has 7 heteroatoms. The van der Waals surface area contributed by atoms with Crippen LogP contribution >= 0.6 is 15.9 Å². The van der Waals surface area contributed by atoms with Crippen LogP contribution in [0.2, 0.25) is 0 Å². The molecule has 0 aliphatic carbocycles. The van der Waals surface area contributed by atoms with Crippen LogP contribution in [0, 0.1) is 10.1 Å². The quantitative estimate of drug-likeness (QED) is 0.641. The van der Waals surface area contributed by atoms with Gasteiger partial charge in [-0.25, -0.2) is 9.78 Å². The molecule has 6 nitrogen and oxygen atoms in total. The molecular formula is C11H8BrN3O3. The standard InChI is InChI=1S/C11H8BrN3O3/c12-10-6-9(15(17)18)3-2-8(10)7-14-5-1-4-13-11(14)16/h1-6H,7H2. The fraction of sp³-hybridized carbons (Fsp3) is 0.0909. The van der Waals surface area contributed by atoms with Gasteiger partial charge in [-0.05, 0) is 17.7 Å². The summed E-state index contributed by atoms with van der Waals surface area (Å²) in [6.07, 6.45) is 3.03. The highest BCUT2D eigenvalue weighted by Crippen LogP contribution is 2.23. The van der Waals surface area contributed by atoms with Crippen molar-refractivity contribution in [3.05, 3.63) is 67.3 Å². The van der Waals surface area contributed by atoms with Crippen molar-refractivity contribution in [3.63, 3.8) is 0 Å². The Morgan fingerprint density at radius 3 is 2.83 bits per heavy atom. The van der Waals surface area contributed by atoms with Crippen LogP contribution < -0.4 is 5.69 Å². The molecule has 0 saturated heterocycles. The van der Waals surface area contributed by atoms with E-state index in [0.29, 0.717) is 11.0 Å². The lowest BCUT2D eigenvalue weighted by molar-refractivity contribution is -0.384. The normalized spacial score (nSPS) is 10.3. The number of non-ortho nitro benzene ring substituents is 1. The molecular weight excluding hydrogens is 302 g/mol. The molecule has 0 saturated carbocycles. The second-order valence-electron chi connectivity index (χ2n) is 3.56. The summed E-state index contributed by atoms with van der Waals surface area (Å²) in [6.45, 7) is 0.311. The summed E-state index contributed by atoms with van der Waals surface area (Å²) in [4.78, 5) is 25.2. The lowest BCUT2D eigenvalue weighted by Crippen LogP contribution is -2.22. The molecule has 0 aliphatic heterocycles. The lowest BCUT2D eigenvalue weighted by Gasteiger charge is -2.06. The average Bonchev–Trinajstić information content (AvgIpc) is 2.34. The summed E-state index contributed by atoms with van der Waals surface area (Å²) in [5.41, 5.74) is 0.419. The third-order valence-electron chi connectivity index (χ3n) is 2.37. The summed E-state index contributed by atoms with van der Waals surface area (Å²) < 4.78 is 2.01. The van der Waals surface area contributed by atoms with Gasteiger partial charge in [0.05, 0.1) is 11.5 Å². The summed E-state index contributed by atoms with van der Waals surface area (Å²) >= 11 is 3.26. The topological polar surface area (TPSA) is 78.0 Å². The summed E-state index contributed by atoms with van der Waals surface area (Å²) in [7, 11) is 0. The first kappa shape index (κ1) is 12.4. The molecule has 18 heavy (non-hydrogen) atoms. The van der Waals surface area contributed by atoms with Gasteiger partial charge in [-0.2, -0.15) is 0 Å². The van der Waals surface area contributed by atoms with E-state index in [1.54, 1.807) is 18.3 Å². The number of nitro groups is 1. The third kappa shape index (κ3) is 2.62. The molecule has 1 aromatic carbocycles. The maximum Gasteiger partial charge on any atom is 0.347 e. The van der Waals surface area contributed by atoms with Gasteiger partial charge in [-0.1, -0.05) is 15.9 Å². The molecule has 2 rings (SSSR count). The monoisotopic (exact) mass is 309 g/mol. The van der Waals surface area contributed by atoms with Gasteiger partial charge < -0.3 is 0 Å². The number of hydrogen-bond acceptors (Lipinski definition) is 4. The molecule has 0 amide bonds. The van der Waals surface area contributed by atoms with Crippen molar-refractivity contribution in [2.75, 3.05) is 0 Å². The summed E-state index contributed by atoms with van der Waals surface area (Å²) in [6, 6.07) is 6.08. The van der Waals surface area contributed by atoms with Crippen LogP contribution in [0.3, 0.4) is 0 Å². The number of nitro benzene ring substituents is 1. The molecule has 0 atom stereocenters. The Kier molecular flexibility index (Phi) is 3.52. The van der Waals surface area contributed by atoms with Crippen LogP contribution in [-0.4, -0.2) is 14.5 Å². The Bertz CT molecular complexity index is 654. The van der Waals surface area contributed by atoms with E-state index in [1.165, 1.54) is 22.9 Å². The minimum atomic E-state index is -0.467. The van der Waals surface area contributed by atoms with Crippen LogP contribution in [-0.2, 0) is 6.54 Å². The molecule has 0 unspecified atom stereocenters. The van der Waals surface area contributed by atoms with Crippen LogP contribution in [0.15, 0.2) is 45.9 Å². The van der Waals surface area contributed by atoms with E-state index in [2.05, 4.69) is 20.9 Å². The van der Waals surface area contributed by atoms with Crippen molar-refractivity contribution in [1.29, 1.82) is 0 Å². The fourth-order valence-electron chi connectivity index (χ4n) is 1.47. The van der Waals surface area contributed by atoms with E-state index in [1.807, 2.05) is 0 Å². The number of halogens is 1. The highest BCUT2D eigenvalue weighted by atomic mass is 79.9. The summed E-state index contributed by atoms with van der Waals surface area (Å²) in [5, 5.41) is 10.6. The second kappa shape index (κ2) is 5.09. The Morgan fingerprint density at radius 2 is 2.22 bits per heavy atom. The van der Waals surface area contributed by atoms with E-state index in [9.17, 15) is 14.9 Å². The van der Waals surface area contributed by atoms with E-state index in [0.717, 1.165) is 5.56 Å². The first-order chi connectivity index (χ1) is 8.58. The van der Waals surface area contributed by atoms with Crippen molar-refractivity contribution in [1.82, 2.24) is 9.55 Å². The Balaban J connectivity index is 2.33. The smallest absolute Gasteiger partial charge is 0.295 e. The molecule has 0 spiro atoms. The predicted octanol–water partition coefficient (Wildman–Crippen LogP) is 1.96. The molecule has 0 bridgehead atoms. The van der Waals surface area contributed by atoms with E-state index < -0.39 is 4.92 Å². The van der Waals surface area contributed by atoms with Gasteiger partial charge in [-0.15, -0.1) is 0 Å². The predicted molar refractivity (Wildman–Crippen MR) is 68.4 cm³/mol. The van der Waals surface area contributed by atoms with Crippen molar-refractivity contribution >= 4 is 21.6 Å². The molecule has 0 N–H and O–H groups in total. The summed E-state index contributed by atoms with van der Waals surface area (Å²) in [5.74, 6) is 0. The Hall–Kier alpha value is -2.02. The zero-order valence-corrected chi connectivity index (χ0v) is 10.7. The van der Waals surface area contributed by atoms with Gasteiger partial charge in [0.15, 0.2) is 0 Å². The van der Waals surface area contributed by atoms with E-state index >= 15 is 0 Å².